The number of amides is 1. The maximum Gasteiger partial charge on any atom is 0.220 e. The Morgan fingerprint density at radius 3 is 2.62 bits per heavy atom. The molecule has 3 aromatic rings. The lowest BCUT2D eigenvalue weighted by atomic mass is 10.1. The molecule has 7 heteroatoms. The van der Waals surface area contributed by atoms with E-state index in [2.05, 4.69) is 15.2 Å². The van der Waals surface area contributed by atoms with E-state index < -0.39 is 11.6 Å². The predicted octanol–water partition coefficient (Wildman–Crippen LogP) is 3.93. The van der Waals surface area contributed by atoms with E-state index in [-0.39, 0.29) is 30.1 Å². The number of rotatable bonds is 8. The fourth-order valence-corrected chi connectivity index (χ4v) is 2.97. The van der Waals surface area contributed by atoms with Gasteiger partial charge in [-0.05, 0) is 37.4 Å². The summed E-state index contributed by atoms with van der Waals surface area (Å²) < 4.78 is 32.4. The van der Waals surface area contributed by atoms with Gasteiger partial charge >= 0.3 is 0 Å². The minimum Gasteiger partial charge on any atom is -0.441 e. The van der Waals surface area contributed by atoms with Crippen molar-refractivity contribution in [2.75, 3.05) is 14.1 Å². The number of hydrogen-bond donors (Lipinski definition) is 1. The number of benzene rings is 2. The first-order valence-corrected chi connectivity index (χ1v) is 9.30. The van der Waals surface area contributed by atoms with Crippen molar-refractivity contribution in [1.82, 2.24) is 15.2 Å². The van der Waals surface area contributed by atoms with Crippen LogP contribution in [0.5, 0.6) is 0 Å². The quantitative estimate of drug-likeness (QED) is 0.624. The van der Waals surface area contributed by atoms with Gasteiger partial charge in [0.05, 0.1) is 11.8 Å². The molecular weight excluding hydrogens is 376 g/mol. The largest absolute Gasteiger partial charge is 0.441 e. The van der Waals surface area contributed by atoms with Gasteiger partial charge in [0.15, 0.2) is 11.7 Å². The Kier molecular flexibility index (Phi) is 6.72. The summed E-state index contributed by atoms with van der Waals surface area (Å²) in [4.78, 5) is 18.4. The van der Waals surface area contributed by atoms with Gasteiger partial charge in [-0.25, -0.2) is 13.8 Å². The van der Waals surface area contributed by atoms with E-state index in [4.69, 9.17) is 4.42 Å². The molecule has 3 rings (SSSR count). The highest BCUT2D eigenvalue weighted by molar-refractivity contribution is 5.76. The summed E-state index contributed by atoms with van der Waals surface area (Å²) in [5.41, 5.74) is 2.36. The fourth-order valence-electron chi connectivity index (χ4n) is 2.97. The highest BCUT2D eigenvalue weighted by Gasteiger charge is 2.13. The van der Waals surface area contributed by atoms with E-state index in [1.165, 1.54) is 12.3 Å². The first-order valence-electron chi connectivity index (χ1n) is 9.30. The second kappa shape index (κ2) is 9.43. The molecule has 0 radical (unpaired) electrons. The van der Waals surface area contributed by atoms with E-state index in [0.29, 0.717) is 12.4 Å². The van der Waals surface area contributed by atoms with E-state index in [0.717, 1.165) is 29.8 Å². The van der Waals surface area contributed by atoms with Crippen LogP contribution in [0.2, 0.25) is 0 Å². The molecule has 2 aromatic carbocycles. The lowest BCUT2D eigenvalue weighted by Crippen LogP contribution is -2.24. The average Bonchev–Trinajstić information content (AvgIpc) is 3.14. The Morgan fingerprint density at radius 1 is 1.14 bits per heavy atom. The molecule has 1 amide bonds. The summed E-state index contributed by atoms with van der Waals surface area (Å²) in [6.07, 6.45) is 1.86. The number of carbonyl (C=O) groups is 1. The zero-order valence-corrected chi connectivity index (χ0v) is 16.4. The van der Waals surface area contributed by atoms with Gasteiger partial charge in [0, 0.05) is 32.0 Å². The maximum absolute atomic E-state index is 13.8. The summed E-state index contributed by atoms with van der Waals surface area (Å²) in [5, 5.41) is 2.91. The molecule has 0 fully saturated rings. The van der Waals surface area contributed by atoms with Gasteiger partial charge < -0.3 is 14.6 Å². The van der Waals surface area contributed by atoms with Crippen LogP contribution >= 0.6 is 0 Å². The highest BCUT2D eigenvalue weighted by atomic mass is 19.1. The molecule has 0 spiro atoms. The van der Waals surface area contributed by atoms with Crippen LogP contribution in [0.15, 0.2) is 53.1 Å². The number of oxazole rings is 1. The summed E-state index contributed by atoms with van der Waals surface area (Å²) in [6.45, 7) is 1.24. The van der Waals surface area contributed by atoms with Crippen LogP contribution < -0.4 is 5.32 Å². The number of aromatic nitrogens is 1. The normalized spacial score (nSPS) is 11.1. The van der Waals surface area contributed by atoms with Crippen molar-refractivity contribution in [3.05, 3.63) is 77.3 Å². The zero-order valence-electron chi connectivity index (χ0n) is 16.4. The maximum atomic E-state index is 13.8. The molecule has 0 saturated carbocycles. The van der Waals surface area contributed by atoms with Crippen LogP contribution in [0.25, 0.3) is 11.3 Å². The number of carbonyl (C=O) groups excluding carboxylic acids is 1. The standard InChI is InChI=1S/C22H23F2N3O2/c1-27(2)14-16-6-4-3-5-15(16)12-25-21(28)9-10-22-26-13-20(29-22)18-8-7-17(23)11-19(18)24/h3-8,11,13H,9-10,12,14H2,1-2H3,(H,25,28). The molecule has 152 valence electrons. The monoisotopic (exact) mass is 399 g/mol. The number of nitrogens with zero attached hydrogens (tertiary/aromatic N) is 2. The van der Waals surface area contributed by atoms with Gasteiger partial charge in [-0.15, -0.1) is 0 Å². The van der Waals surface area contributed by atoms with Crippen molar-refractivity contribution in [2.24, 2.45) is 0 Å². The van der Waals surface area contributed by atoms with Crippen molar-refractivity contribution < 1.29 is 18.0 Å². The van der Waals surface area contributed by atoms with Crippen LogP contribution in [0, 0.1) is 11.6 Å². The summed E-state index contributed by atoms with van der Waals surface area (Å²) >= 11 is 0. The second-order valence-corrected chi connectivity index (χ2v) is 7.03. The molecule has 0 unspecified atom stereocenters. The SMILES string of the molecule is CN(C)Cc1ccccc1CNC(=O)CCc1ncc(-c2ccc(F)cc2F)o1. The average molecular weight is 399 g/mol. The molecular formula is C22H23F2N3O2. The van der Waals surface area contributed by atoms with Gasteiger partial charge in [0.1, 0.15) is 11.6 Å². The smallest absolute Gasteiger partial charge is 0.220 e. The molecule has 1 aromatic heterocycles. The van der Waals surface area contributed by atoms with E-state index in [1.54, 1.807) is 0 Å². The Hall–Kier alpha value is -3.06. The number of nitrogens with one attached hydrogen (secondary N) is 1. The fraction of sp³-hybridized carbons (Fsp3) is 0.273. The van der Waals surface area contributed by atoms with Crippen LogP contribution in [-0.4, -0.2) is 29.9 Å². The summed E-state index contributed by atoms with van der Waals surface area (Å²) in [5.74, 6) is -0.976. The Morgan fingerprint density at radius 2 is 1.90 bits per heavy atom. The van der Waals surface area contributed by atoms with E-state index in [1.807, 2.05) is 38.4 Å². The van der Waals surface area contributed by atoms with Crippen molar-refractivity contribution in [1.29, 1.82) is 0 Å². The van der Waals surface area contributed by atoms with Crippen molar-refractivity contribution >= 4 is 5.91 Å². The summed E-state index contributed by atoms with van der Waals surface area (Å²) in [7, 11) is 4.00. The van der Waals surface area contributed by atoms with Crippen LogP contribution in [0.4, 0.5) is 8.78 Å². The minimum absolute atomic E-state index is 0.127. The molecule has 0 atom stereocenters. The van der Waals surface area contributed by atoms with Crippen LogP contribution in [-0.2, 0) is 24.3 Å². The van der Waals surface area contributed by atoms with Crippen molar-refractivity contribution in [3.63, 3.8) is 0 Å². The molecule has 5 nitrogen and oxygen atoms in total. The number of halogens is 2. The zero-order chi connectivity index (χ0) is 20.8. The molecule has 0 bridgehead atoms. The topological polar surface area (TPSA) is 58.4 Å². The first kappa shape index (κ1) is 20.7. The van der Waals surface area contributed by atoms with Crippen LogP contribution in [0.3, 0.4) is 0 Å². The van der Waals surface area contributed by atoms with Gasteiger partial charge in [-0.2, -0.15) is 0 Å². The molecule has 0 aliphatic carbocycles. The lowest BCUT2D eigenvalue weighted by Gasteiger charge is -2.14. The number of hydrogen-bond acceptors (Lipinski definition) is 4. The third kappa shape index (κ3) is 5.71. The van der Waals surface area contributed by atoms with Gasteiger partial charge in [0.2, 0.25) is 5.91 Å². The predicted molar refractivity (Wildman–Crippen MR) is 106 cm³/mol. The van der Waals surface area contributed by atoms with Crippen LogP contribution in [0.1, 0.15) is 23.4 Å². The summed E-state index contributed by atoms with van der Waals surface area (Å²) in [6, 6.07) is 11.2. The van der Waals surface area contributed by atoms with Crippen molar-refractivity contribution in [2.45, 2.75) is 25.9 Å². The molecule has 0 saturated heterocycles. The Balaban J connectivity index is 1.54. The highest BCUT2D eigenvalue weighted by Crippen LogP contribution is 2.24. The first-order chi connectivity index (χ1) is 13.9. The Bertz CT molecular complexity index is 986. The van der Waals surface area contributed by atoms with Gasteiger partial charge in [-0.1, -0.05) is 24.3 Å². The minimum atomic E-state index is -0.721. The van der Waals surface area contributed by atoms with Gasteiger partial charge in [-0.3, -0.25) is 4.79 Å². The molecule has 29 heavy (non-hydrogen) atoms. The lowest BCUT2D eigenvalue weighted by molar-refractivity contribution is -0.121. The van der Waals surface area contributed by atoms with E-state index in [9.17, 15) is 13.6 Å². The third-order valence-electron chi connectivity index (χ3n) is 4.40. The van der Waals surface area contributed by atoms with Gasteiger partial charge in [0.25, 0.3) is 0 Å². The number of aryl methyl sites for hydroxylation is 1. The molecule has 0 aliphatic heterocycles. The molecule has 1 N–H and O–H groups in total. The van der Waals surface area contributed by atoms with E-state index >= 15 is 0 Å². The third-order valence-corrected chi connectivity index (χ3v) is 4.40. The molecule has 0 aliphatic rings. The second-order valence-electron chi connectivity index (χ2n) is 7.03. The van der Waals surface area contributed by atoms with Crippen molar-refractivity contribution in [3.8, 4) is 11.3 Å². The Labute approximate surface area is 168 Å². The molecule has 1 heterocycles.